The zero-order chi connectivity index (χ0) is 16.3. The van der Waals surface area contributed by atoms with Crippen molar-refractivity contribution in [2.24, 2.45) is 0 Å². The van der Waals surface area contributed by atoms with Gasteiger partial charge in [0.05, 0.1) is 0 Å². The molecule has 6 heteroatoms. The normalized spacial score (nSPS) is 25.0. The molecule has 1 N–H and O–H groups in total. The van der Waals surface area contributed by atoms with Gasteiger partial charge in [-0.2, -0.15) is 0 Å². The Morgan fingerprint density at radius 3 is 2.87 bits per heavy atom. The molecule has 2 fully saturated rings. The van der Waals surface area contributed by atoms with Gasteiger partial charge in [-0.15, -0.1) is 0 Å². The van der Waals surface area contributed by atoms with Crippen LogP contribution in [0.25, 0.3) is 0 Å². The molecule has 5 nitrogen and oxygen atoms in total. The number of carboxylic acids is 1. The first-order chi connectivity index (χ1) is 11.1. The summed E-state index contributed by atoms with van der Waals surface area (Å²) in [5.74, 6) is -0.00934. The van der Waals surface area contributed by atoms with Crippen LogP contribution < -0.4 is 4.74 Å². The SMILES string of the molecule is O=C(O)C1(N2CCC[C@@H](Oc3cccc(Cl)c3)C2)CCOCC1. The fourth-order valence-electron chi connectivity index (χ4n) is 3.53. The summed E-state index contributed by atoms with van der Waals surface area (Å²) in [5, 5.41) is 10.4. The molecular weight excluding hydrogens is 318 g/mol. The molecule has 1 atom stereocenters. The van der Waals surface area contributed by atoms with Gasteiger partial charge in [0, 0.05) is 24.8 Å². The molecule has 0 amide bonds. The highest BCUT2D eigenvalue weighted by molar-refractivity contribution is 6.30. The van der Waals surface area contributed by atoms with Gasteiger partial charge in [0.15, 0.2) is 0 Å². The number of carboxylic acid groups (broad SMARTS) is 1. The van der Waals surface area contributed by atoms with E-state index in [2.05, 4.69) is 4.90 Å². The average Bonchev–Trinajstić information content (AvgIpc) is 2.55. The third-order valence-corrected chi connectivity index (χ3v) is 5.04. The number of piperidine rings is 1. The lowest BCUT2D eigenvalue weighted by molar-refractivity contribution is -0.161. The smallest absolute Gasteiger partial charge is 0.324 e. The molecule has 0 unspecified atom stereocenters. The quantitative estimate of drug-likeness (QED) is 0.914. The fourth-order valence-corrected chi connectivity index (χ4v) is 3.71. The molecule has 0 aromatic heterocycles. The summed E-state index contributed by atoms with van der Waals surface area (Å²) in [7, 11) is 0. The van der Waals surface area contributed by atoms with Crippen LogP contribution in [0.3, 0.4) is 0 Å². The van der Waals surface area contributed by atoms with Crippen LogP contribution in [0.1, 0.15) is 25.7 Å². The van der Waals surface area contributed by atoms with E-state index in [1.54, 1.807) is 6.07 Å². The first-order valence-corrected chi connectivity index (χ1v) is 8.46. The number of hydrogen-bond acceptors (Lipinski definition) is 4. The Hall–Kier alpha value is -1.30. The van der Waals surface area contributed by atoms with Gasteiger partial charge in [-0.3, -0.25) is 9.69 Å². The van der Waals surface area contributed by atoms with Crippen molar-refractivity contribution in [1.82, 2.24) is 4.90 Å². The van der Waals surface area contributed by atoms with Gasteiger partial charge in [-0.1, -0.05) is 17.7 Å². The molecule has 23 heavy (non-hydrogen) atoms. The number of ether oxygens (including phenoxy) is 2. The maximum Gasteiger partial charge on any atom is 0.324 e. The monoisotopic (exact) mass is 339 g/mol. The highest BCUT2D eigenvalue weighted by Gasteiger charge is 2.47. The second-order valence-corrected chi connectivity index (χ2v) is 6.67. The van der Waals surface area contributed by atoms with Crippen LogP contribution in [-0.4, -0.2) is 53.9 Å². The van der Waals surface area contributed by atoms with Gasteiger partial charge in [0.1, 0.15) is 17.4 Å². The minimum Gasteiger partial charge on any atom is -0.489 e. The fraction of sp³-hybridized carbons (Fsp3) is 0.588. The lowest BCUT2D eigenvalue weighted by atomic mass is 9.86. The number of carbonyl (C=O) groups is 1. The molecule has 0 spiro atoms. The molecule has 2 aliphatic heterocycles. The van der Waals surface area contributed by atoms with Gasteiger partial charge in [-0.05, 0) is 50.4 Å². The van der Waals surface area contributed by atoms with Gasteiger partial charge in [-0.25, -0.2) is 0 Å². The molecule has 0 aliphatic carbocycles. The van der Waals surface area contributed by atoms with Gasteiger partial charge < -0.3 is 14.6 Å². The van der Waals surface area contributed by atoms with Gasteiger partial charge in [0.25, 0.3) is 0 Å². The highest BCUT2D eigenvalue weighted by atomic mass is 35.5. The standard InChI is InChI=1S/C17H22ClNO4/c18-13-3-1-4-14(11-13)23-15-5-2-8-19(12-15)17(16(20)21)6-9-22-10-7-17/h1,3-4,11,15H,2,5-10,12H2,(H,20,21)/t15-/m1/s1. The molecule has 2 saturated heterocycles. The minimum absolute atomic E-state index is 0.0127. The third kappa shape index (κ3) is 3.62. The van der Waals surface area contributed by atoms with Crippen LogP contribution in [0, 0.1) is 0 Å². The van der Waals surface area contributed by atoms with E-state index in [1.165, 1.54) is 0 Å². The van der Waals surface area contributed by atoms with E-state index in [1.807, 2.05) is 18.2 Å². The predicted octanol–water partition coefficient (Wildman–Crippen LogP) is 2.82. The summed E-state index contributed by atoms with van der Waals surface area (Å²) < 4.78 is 11.4. The second kappa shape index (κ2) is 7.07. The number of halogens is 1. The number of nitrogens with zero attached hydrogens (tertiary/aromatic N) is 1. The van der Waals surface area contributed by atoms with Crippen molar-refractivity contribution in [2.75, 3.05) is 26.3 Å². The molecule has 2 aliphatic rings. The molecule has 1 aromatic rings. The molecule has 2 heterocycles. The Balaban J connectivity index is 1.70. The van der Waals surface area contributed by atoms with Crippen LogP contribution in [0.15, 0.2) is 24.3 Å². The Bertz CT molecular complexity index is 559. The molecule has 1 aromatic carbocycles. The van der Waals surface area contributed by atoms with Crippen LogP contribution in [0.5, 0.6) is 5.75 Å². The zero-order valence-electron chi connectivity index (χ0n) is 13.0. The van der Waals surface area contributed by atoms with Crippen molar-refractivity contribution in [2.45, 2.75) is 37.3 Å². The number of benzene rings is 1. The Kier molecular flexibility index (Phi) is 5.09. The largest absolute Gasteiger partial charge is 0.489 e. The summed E-state index contributed by atoms with van der Waals surface area (Å²) >= 11 is 5.99. The maximum atomic E-state index is 11.9. The number of aliphatic carboxylic acids is 1. The van der Waals surface area contributed by atoms with E-state index in [-0.39, 0.29) is 6.10 Å². The van der Waals surface area contributed by atoms with Crippen LogP contribution in [0.4, 0.5) is 0 Å². The van der Waals surface area contributed by atoms with Crippen LogP contribution in [-0.2, 0) is 9.53 Å². The van der Waals surface area contributed by atoms with Crippen LogP contribution >= 0.6 is 11.6 Å². The molecule has 0 radical (unpaired) electrons. The van der Waals surface area contributed by atoms with Crippen molar-refractivity contribution in [3.63, 3.8) is 0 Å². The number of likely N-dealkylation sites (tertiary alicyclic amines) is 1. The summed E-state index contributed by atoms with van der Waals surface area (Å²) in [6.45, 7) is 2.42. The van der Waals surface area contributed by atoms with E-state index in [4.69, 9.17) is 21.1 Å². The average molecular weight is 340 g/mol. The van der Waals surface area contributed by atoms with Gasteiger partial charge >= 0.3 is 5.97 Å². The molecule has 126 valence electrons. The van der Waals surface area contributed by atoms with Crippen molar-refractivity contribution in [3.05, 3.63) is 29.3 Å². The minimum atomic E-state index is -0.811. The second-order valence-electron chi connectivity index (χ2n) is 6.23. The topological polar surface area (TPSA) is 59.0 Å². The molecule has 0 bridgehead atoms. The lowest BCUT2D eigenvalue weighted by Crippen LogP contribution is -2.61. The predicted molar refractivity (Wildman–Crippen MR) is 87.1 cm³/mol. The van der Waals surface area contributed by atoms with E-state index >= 15 is 0 Å². The van der Waals surface area contributed by atoms with E-state index in [0.29, 0.717) is 37.6 Å². The molecular formula is C17H22ClNO4. The summed E-state index contributed by atoms with van der Waals surface area (Å²) in [6.07, 6.45) is 2.91. The van der Waals surface area contributed by atoms with Crippen molar-refractivity contribution in [3.8, 4) is 5.75 Å². The van der Waals surface area contributed by atoms with Crippen molar-refractivity contribution < 1.29 is 19.4 Å². The van der Waals surface area contributed by atoms with E-state index in [0.717, 1.165) is 25.1 Å². The Morgan fingerprint density at radius 1 is 1.39 bits per heavy atom. The zero-order valence-corrected chi connectivity index (χ0v) is 13.8. The third-order valence-electron chi connectivity index (χ3n) is 4.80. The first-order valence-electron chi connectivity index (χ1n) is 8.08. The first kappa shape index (κ1) is 16.6. The Labute approximate surface area is 141 Å². The van der Waals surface area contributed by atoms with Crippen molar-refractivity contribution in [1.29, 1.82) is 0 Å². The van der Waals surface area contributed by atoms with E-state index in [9.17, 15) is 9.90 Å². The van der Waals surface area contributed by atoms with Crippen LogP contribution in [0.2, 0.25) is 5.02 Å². The summed E-state index contributed by atoms with van der Waals surface area (Å²) in [6, 6.07) is 7.34. The Morgan fingerprint density at radius 2 is 2.17 bits per heavy atom. The maximum absolute atomic E-state index is 11.9. The summed E-state index contributed by atoms with van der Waals surface area (Å²) in [4.78, 5) is 14.0. The number of hydrogen-bond donors (Lipinski definition) is 1. The molecule has 0 saturated carbocycles. The highest BCUT2D eigenvalue weighted by Crippen LogP contribution is 2.32. The van der Waals surface area contributed by atoms with Gasteiger partial charge in [0.2, 0.25) is 0 Å². The van der Waals surface area contributed by atoms with E-state index < -0.39 is 11.5 Å². The number of rotatable bonds is 4. The molecule has 3 rings (SSSR count). The summed E-state index contributed by atoms with van der Waals surface area (Å²) in [5.41, 5.74) is -0.811. The lowest BCUT2D eigenvalue weighted by Gasteiger charge is -2.46. The van der Waals surface area contributed by atoms with Crippen molar-refractivity contribution >= 4 is 17.6 Å².